The molecule has 0 spiro atoms. The largest absolute Gasteiger partial charge is 0.496 e. The molecule has 1 amide bonds. The lowest BCUT2D eigenvalue weighted by atomic mass is 9.78. The highest BCUT2D eigenvalue weighted by Gasteiger charge is 2.53. The number of ether oxygens (including phenoxy) is 1. The van der Waals surface area contributed by atoms with Crippen LogP contribution in [0.25, 0.3) is 0 Å². The second-order valence-electron chi connectivity index (χ2n) is 6.25. The summed E-state index contributed by atoms with van der Waals surface area (Å²) in [6.07, 6.45) is 2.79. The van der Waals surface area contributed by atoms with E-state index in [9.17, 15) is 14.7 Å². The van der Waals surface area contributed by atoms with Gasteiger partial charge in [0.05, 0.1) is 18.9 Å². The Balaban J connectivity index is 1.68. The van der Waals surface area contributed by atoms with Gasteiger partial charge in [0.1, 0.15) is 5.75 Å². The molecule has 1 aromatic carbocycles. The summed E-state index contributed by atoms with van der Waals surface area (Å²) < 4.78 is 5.27. The van der Waals surface area contributed by atoms with E-state index in [1.807, 2.05) is 24.3 Å². The van der Waals surface area contributed by atoms with Crippen LogP contribution < -0.4 is 10.1 Å². The summed E-state index contributed by atoms with van der Waals surface area (Å²) in [5.41, 5.74) is 0.897. The zero-order chi connectivity index (χ0) is 15.7. The summed E-state index contributed by atoms with van der Waals surface area (Å²) in [7, 11) is 1.59. The Kier molecular flexibility index (Phi) is 4.05. The topological polar surface area (TPSA) is 75.6 Å². The first-order valence-corrected chi connectivity index (χ1v) is 7.74. The minimum absolute atomic E-state index is 0.134. The number of hydrogen-bond acceptors (Lipinski definition) is 3. The number of amides is 1. The minimum atomic E-state index is -0.829. The number of para-hydroxylation sites is 1. The van der Waals surface area contributed by atoms with E-state index in [1.54, 1.807) is 7.11 Å². The van der Waals surface area contributed by atoms with Gasteiger partial charge in [-0.2, -0.15) is 0 Å². The summed E-state index contributed by atoms with van der Waals surface area (Å²) in [4.78, 5) is 24.0. The number of carbonyl (C=O) groups excluding carboxylic acids is 1. The first-order chi connectivity index (χ1) is 10.6. The van der Waals surface area contributed by atoms with Gasteiger partial charge < -0.3 is 15.2 Å². The Morgan fingerprint density at radius 1 is 1.23 bits per heavy atom. The molecule has 2 aliphatic rings. The molecule has 0 aromatic heterocycles. The van der Waals surface area contributed by atoms with Crippen LogP contribution in [0.15, 0.2) is 24.3 Å². The number of benzene rings is 1. The average molecular weight is 303 g/mol. The van der Waals surface area contributed by atoms with E-state index in [4.69, 9.17) is 4.74 Å². The Hall–Kier alpha value is -2.04. The monoisotopic (exact) mass is 303 g/mol. The van der Waals surface area contributed by atoms with E-state index >= 15 is 0 Å². The molecule has 2 saturated carbocycles. The molecule has 5 heteroatoms. The van der Waals surface area contributed by atoms with Crippen molar-refractivity contribution in [3.63, 3.8) is 0 Å². The van der Waals surface area contributed by atoms with Crippen molar-refractivity contribution < 1.29 is 19.4 Å². The molecule has 0 unspecified atom stereocenters. The number of aliphatic carboxylic acids is 1. The molecule has 2 bridgehead atoms. The Morgan fingerprint density at radius 3 is 2.59 bits per heavy atom. The van der Waals surface area contributed by atoms with Crippen LogP contribution in [0.1, 0.15) is 24.8 Å². The maximum Gasteiger partial charge on any atom is 0.307 e. The fourth-order valence-corrected chi connectivity index (χ4v) is 4.17. The maximum atomic E-state index is 12.5. The number of rotatable bonds is 5. The third kappa shape index (κ3) is 2.56. The van der Waals surface area contributed by atoms with E-state index in [0.29, 0.717) is 6.54 Å². The van der Waals surface area contributed by atoms with Crippen molar-refractivity contribution in [2.24, 2.45) is 23.7 Å². The van der Waals surface area contributed by atoms with Crippen LogP contribution in [0.3, 0.4) is 0 Å². The van der Waals surface area contributed by atoms with Gasteiger partial charge in [0.15, 0.2) is 0 Å². The standard InChI is InChI=1S/C17H21NO4/c1-22-13-5-3-2-4-12(13)9-18-16(19)14-10-6-7-11(8-10)15(14)17(20)21/h2-5,10-11,14-15H,6-9H2,1H3,(H,18,19)(H,20,21)/t10-,11-,14-,15-/m0/s1. The molecule has 0 heterocycles. The first kappa shape index (κ1) is 14.9. The van der Waals surface area contributed by atoms with Crippen molar-refractivity contribution in [3.05, 3.63) is 29.8 Å². The van der Waals surface area contributed by atoms with Gasteiger partial charge in [-0.25, -0.2) is 0 Å². The molecular formula is C17H21NO4. The molecule has 118 valence electrons. The van der Waals surface area contributed by atoms with Crippen molar-refractivity contribution in [2.45, 2.75) is 25.8 Å². The van der Waals surface area contributed by atoms with Crippen LogP contribution in [0.2, 0.25) is 0 Å². The molecular weight excluding hydrogens is 282 g/mol. The summed E-state index contributed by atoms with van der Waals surface area (Å²) >= 11 is 0. The van der Waals surface area contributed by atoms with E-state index < -0.39 is 11.9 Å². The summed E-state index contributed by atoms with van der Waals surface area (Å²) in [6, 6.07) is 7.51. The first-order valence-electron chi connectivity index (χ1n) is 7.74. The summed E-state index contributed by atoms with van der Waals surface area (Å²) in [5, 5.41) is 12.3. The predicted octanol–water partition coefficient (Wildman–Crippen LogP) is 2.06. The number of carboxylic acids is 1. The van der Waals surface area contributed by atoms with E-state index in [2.05, 4.69) is 5.32 Å². The van der Waals surface area contributed by atoms with E-state index in [-0.39, 0.29) is 23.7 Å². The van der Waals surface area contributed by atoms with Gasteiger partial charge in [-0.15, -0.1) is 0 Å². The van der Waals surface area contributed by atoms with Gasteiger partial charge in [-0.05, 0) is 37.2 Å². The normalized spacial score (nSPS) is 29.3. The van der Waals surface area contributed by atoms with Crippen LogP contribution in [0.5, 0.6) is 5.75 Å². The van der Waals surface area contributed by atoms with Gasteiger partial charge in [0, 0.05) is 12.1 Å². The van der Waals surface area contributed by atoms with E-state index in [0.717, 1.165) is 30.6 Å². The third-order valence-corrected chi connectivity index (χ3v) is 5.15. The molecule has 2 fully saturated rings. The molecule has 2 N–H and O–H groups in total. The Morgan fingerprint density at radius 2 is 1.91 bits per heavy atom. The van der Waals surface area contributed by atoms with E-state index in [1.165, 1.54) is 0 Å². The number of fused-ring (bicyclic) bond motifs is 2. The van der Waals surface area contributed by atoms with Gasteiger partial charge >= 0.3 is 5.97 Å². The highest BCUT2D eigenvalue weighted by atomic mass is 16.5. The minimum Gasteiger partial charge on any atom is -0.496 e. The predicted molar refractivity (Wildman–Crippen MR) is 80.3 cm³/mol. The highest BCUT2D eigenvalue weighted by molar-refractivity contribution is 5.86. The number of carboxylic acid groups (broad SMARTS) is 1. The highest BCUT2D eigenvalue weighted by Crippen LogP contribution is 2.52. The zero-order valence-electron chi connectivity index (χ0n) is 12.6. The lowest BCUT2D eigenvalue weighted by molar-refractivity contribution is -0.149. The molecule has 0 aliphatic heterocycles. The van der Waals surface area contributed by atoms with Crippen molar-refractivity contribution in [2.75, 3.05) is 7.11 Å². The van der Waals surface area contributed by atoms with Crippen molar-refractivity contribution in [3.8, 4) is 5.75 Å². The fourth-order valence-electron chi connectivity index (χ4n) is 4.17. The lowest BCUT2D eigenvalue weighted by Crippen LogP contribution is -2.41. The van der Waals surface area contributed by atoms with Crippen molar-refractivity contribution >= 4 is 11.9 Å². The molecule has 5 nitrogen and oxygen atoms in total. The fraction of sp³-hybridized carbons (Fsp3) is 0.529. The van der Waals surface area contributed by atoms with Crippen LogP contribution in [0.4, 0.5) is 0 Å². The lowest BCUT2D eigenvalue weighted by Gasteiger charge is -2.27. The van der Waals surface area contributed by atoms with Crippen molar-refractivity contribution in [1.82, 2.24) is 5.32 Å². The molecule has 22 heavy (non-hydrogen) atoms. The number of methoxy groups -OCH3 is 1. The van der Waals surface area contributed by atoms with Crippen LogP contribution >= 0.6 is 0 Å². The molecule has 2 aliphatic carbocycles. The third-order valence-electron chi connectivity index (χ3n) is 5.15. The Labute approximate surface area is 129 Å². The van der Waals surface area contributed by atoms with Crippen LogP contribution in [-0.4, -0.2) is 24.1 Å². The quantitative estimate of drug-likeness (QED) is 0.873. The maximum absolute atomic E-state index is 12.5. The zero-order valence-corrected chi connectivity index (χ0v) is 12.6. The molecule has 3 rings (SSSR count). The Bertz CT molecular complexity index is 586. The smallest absolute Gasteiger partial charge is 0.307 e. The molecule has 4 atom stereocenters. The van der Waals surface area contributed by atoms with Crippen LogP contribution in [-0.2, 0) is 16.1 Å². The van der Waals surface area contributed by atoms with Gasteiger partial charge in [0.2, 0.25) is 5.91 Å². The second kappa shape index (κ2) is 5.99. The SMILES string of the molecule is COc1ccccc1CNC(=O)[C@H]1[C@H]2CC[C@@H](C2)[C@@H]1C(=O)O. The van der Waals surface area contributed by atoms with Crippen molar-refractivity contribution in [1.29, 1.82) is 0 Å². The summed E-state index contributed by atoms with van der Waals surface area (Å²) in [5.74, 6) is -0.740. The number of nitrogens with one attached hydrogen (secondary N) is 1. The average Bonchev–Trinajstić information content (AvgIpc) is 3.13. The van der Waals surface area contributed by atoms with Gasteiger partial charge in [-0.3, -0.25) is 9.59 Å². The summed E-state index contributed by atoms with van der Waals surface area (Å²) in [6.45, 7) is 0.364. The van der Waals surface area contributed by atoms with Crippen LogP contribution in [0, 0.1) is 23.7 Å². The molecule has 0 saturated heterocycles. The molecule has 0 radical (unpaired) electrons. The van der Waals surface area contributed by atoms with Gasteiger partial charge in [-0.1, -0.05) is 18.2 Å². The number of hydrogen-bond donors (Lipinski definition) is 2. The van der Waals surface area contributed by atoms with Gasteiger partial charge in [0.25, 0.3) is 0 Å². The second-order valence-corrected chi connectivity index (χ2v) is 6.25. The molecule has 1 aromatic rings. The number of carbonyl (C=O) groups is 2.